The van der Waals surface area contributed by atoms with Crippen LogP contribution in [0.4, 0.5) is 0 Å². The number of hydrogen-bond acceptors (Lipinski definition) is 4. The minimum atomic E-state index is -1.13. The fourth-order valence-corrected chi connectivity index (χ4v) is 3.93. The summed E-state index contributed by atoms with van der Waals surface area (Å²) in [4.78, 5) is 9.37. The summed E-state index contributed by atoms with van der Waals surface area (Å²) in [6.45, 7) is 12.2. The molecule has 0 saturated carbocycles. The van der Waals surface area contributed by atoms with Gasteiger partial charge in [-0.3, -0.25) is 0 Å². The van der Waals surface area contributed by atoms with E-state index in [-0.39, 0.29) is 0 Å². The van der Waals surface area contributed by atoms with Crippen LogP contribution in [-0.2, 0) is 17.9 Å². The molecule has 2 aromatic heterocycles. The number of aromatic nitrogens is 3. The van der Waals surface area contributed by atoms with Crippen LogP contribution in [0.2, 0.25) is 25.7 Å². The number of para-hydroxylation sites is 1. The number of hydrogen-bond donors (Lipinski definition) is 0. The molecular weight excluding hydrogens is 378 g/mol. The molecule has 0 aliphatic carbocycles. The van der Waals surface area contributed by atoms with E-state index >= 15 is 0 Å². The van der Waals surface area contributed by atoms with Crippen LogP contribution in [0, 0.1) is 0 Å². The molecule has 0 spiro atoms. The first-order valence-corrected chi connectivity index (χ1v) is 13.8. The van der Waals surface area contributed by atoms with E-state index < -0.39 is 8.07 Å². The van der Waals surface area contributed by atoms with E-state index in [9.17, 15) is 0 Å². The van der Waals surface area contributed by atoms with Crippen molar-refractivity contribution in [2.24, 2.45) is 0 Å². The van der Waals surface area contributed by atoms with Gasteiger partial charge in [-0.15, -0.1) is 6.58 Å². The van der Waals surface area contributed by atoms with Crippen molar-refractivity contribution in [2.45, 2.75) is 45.3 Å². The summed E-state index contributed by atoms with van der Waals surface area (Å²) in [5, 5.41) is 1.07. The second-order valence-corrected chi connectivity index (χ2v) is 14.0. The van der Waals surface area contributed by atoms with Crippen molar-refractivity contribution >= 4 is 19.0 Å². The fourth-order valence-electron chi connectivity index (χ4n) is 3.18. The van der Waals surface area contributed by atoms with Gasteiger partial charge in [0.05, 0.1) is 30.1 Å². The lowest BCUT2D eigenvalue weighted by Crippen LogP contribution is -2.22. The van der Waals surface area contributed by atoms with Gasteiger partial charge in [-0.05, 0) is 24.6 Å². The van der Waals surface area contributed by atoms with Gasteiger partial charge in [-0.1, -0.05) is 43.9 Å². The van der Waals surface area contributed by atoms with Crippen LogP contribution < -0.4 is 4.74 Å². The molecule has 154 valence electrons. The maximum absolute atomic E-state index is 6.07. The Bertz CT molecular complexity index is 976. The molecule has 0 aliphatic rings. The number of imidazole rings is 1. The highest BCUT2D eigenvalue weighted by Gasteiger charge is 2.18. The van der Waals surface area contributed by atoms with Gasteiger partial charge >= 0.3 is 0 Å². The molecule has 1 aromatic carbocycles. The van der Waals surface area contributed by atoms with Crippen molar-refractivity contribution in [3.8, 4) is 17.1 Å². The average molecular weight is 410 g/mol. The zero-order chi connectivity index (χ0) is 20.9. The van der Waals surface area contributed by atoms with Crippen LogP contribution in [0.3, 0.4) is 0 Å². The van der Waals surface area contributed by atoms with Gasteiger partial charge in [-0.2, -0.15) is 0 Å². The summed E-state index contributed by atoms with van der Waals surface area (Å²) >= 11 is 0. The first-order valence-electron chi connectivity index (χ1n) is 10.1. The Morgan fingerprint density at radius 3 is 2.72 bits per heavy atom. The molecular formula is C23H31N3O2Si. The highest BCUT2D eigenvalue weighted by atomic mass is 28.3. The van der Waals surface area contributed by atoms with Gasteiger partial charge in [0.25, 0.3) is 0 Å². The topological polar surface area (TPSA) is 49.2 Å². The normalized spacial score (nSPS) is 11.7. The van der Waals surface area contributed by atoms with E-state index in [1.807, 2.05) is 30.5 Å². The molecule has 0 fully saturated rings. The zero-order valence-electron chi connectivity index (χ0n) is 17.9. The molecule has 2 heterocycles. The summed E-state index contributed by atoms with van der Waals surface area (Å²) in [5.41, 5.74) is 2.81. The summed E-state index contributed by atoms with van der Waals surface area (Å²) in [5.74, 6) is 1.59. The van der Waals surface area contributed by atoms with Crippen LogP contribution in [0.25, 0.3) is 22.2 Å². The molecule has 0 N–H and O–H groups in total. The largest absolute Gasteiger partial charge is 0.480 e. The minimum Gasteiger partial charge on any atom is -0.480 e. The number of nitrogens with zero attached hydrogens (tertiary/aromatic N) is 3. The van der Waals surface area contributed by atoms with Gasteiger partial charge in [0.2, 0.25) is 5.88 Å². The molecule has 3 aromatic rings. The van der Waals surface area contributed by atoms with E-state index in [2.05, 4.69) is 47.9 Å². The van der Waals surface area contributed by atoms with Crippen molar-refractivity contribution < 1.29 is 9.47 Å². The smallest absolute Gasteiger partial charge is 0.223 e. The lowest BCUT2D eigenvalue weighted by atomic mass is 10.1. The molecule has 0 saturated heterocycles. The summed E-state index contributed by atoms with van der Waals surface area (Å²) in [6.07, 6.45) is 5.51. The summed E-state index contributed by atoms with van der Waals surface area (Å²) in [6, 6.07) is 11.3. The Kier molecular flexibility index (Phi) is 6.87. The fraction of sp³-hybridized carbons (Fsp3) is 0.391. The first kappa shape index (κ1) is 21.3. The van der Waals surface area contributed by atoms with Gasteiger partial charge in [-0.25, -0.2) is 9.97 Å². The molecule has 0 radical (unpaired) electrons. The molecule has 29 heavy (non-hydrogen) atoms. The van der Waals surface area contributed by atoms with E-state index in [1.54, 1.807) is 7.11 Å². The highest BCUT2D eigenvalue weighted by molar-refractivity contribution is 6.76. The van der Waals surface area contributed by atoms with Crippen LogP contribution in [-0.4, -0.2) is 36.3 Å². The molecule has 5 nitrogen and oxygen atoms in total. The van der Waals surface area contributed by atoms with Crippen molar-refractivity contribution in [3.63, 3.8) is 0 Å². The number of pyridine rings is 1. The van der Waals surface area contributed by atoms with Crippen LogP contribution in [0.5, 0.6) is 5.88 Å². The quantitative estimate of drug-likeness (QED) is 0.251. The molecule has 6 heteroatoms. The van der Waals surface area contributed by atoms with Crippen molar-refractivity contribution in [2.75, 3.05) is 13.7 Å². The SMILES string of the molecule is C=CCCc1ncc(-c2cc3ccccc3nc2OC)n1COCC[Si](C)(C)C. The van der Waals surface area contributed by atoms with Gasteiger partial charge in [0, 0.05) is 26.5 Å². The standard InChI is InChI=1S/C23H31N3O2Si/c1-6-7-12-22-24-16-21(26(22)17-28-13-14-29(3,4)5)19-15-18-10-8-9-11-20(18)25-23(19)27-2/h6,8-11,15-16H,1,7,12-14,17H2,2-5H3. The molecule has 0 aliphatic heterocycles. The van der Waals surface area contributed by atoms with Gasteiger partial charge < -0.3 is 14.0 Å². The second kappa shape index (κ2) is 9.37. The Morgan fingerprint density at radius 2 is 2.00 bits per heavy atom. The third-order valence-electron chi connectivity index (χ3n) is 4.89. The van der Waals surface area contributed by atoms with Gasteiger partial charge in [0.15, 0.2) is 0 Å². The Balaban J connectivity index is 1.96. The predicted molar refractivity (Wildman–Crippen MR) is 122 cm³/mol. The third-order valence-corrected chi connectivity index (χ3v) is 6.59. The maximum atomic E-state index is 6.07. The second-order valence-electron chi connectivity index (χ2n) is 8.40. The lowest BCUT2D eigenvalue weighted by Gasteiger charge is -2.18. The van der Waals surface area contributed by atoms with E-state index in [0.29, 0.717) is 12.6 Å². The number of fused-ring (bicyclic) bond motifs is 1. The molecule has 0 bridgehead atoms. The summed E-state index contributed by atoms with van der Waals surface area (Å²) in [7, 11) is 0.527. The number of ether oxygens (including phenoxy) is 2. The van der Waals surface area contributed by atoms with E-state index in [4.69, 9.17) is 14.5 Å². The van der Waals surface area contributed by atoms with Crippen LogP contribution in [0.15, 0.2) is 49.2 Å². The molecule has 0 amide bonds. The Hall–Kier alpha value is -2.44. The molecule has 0 unspecified atom stereocenters. The van der Waals surface area contributed by atoms with Crippen molar-refractivity contribution in [1.29, 1.82) is 0 Å². The number of methoxy groups -OCH3 is 1. The third kappa shape index (κ3) is 5.34. The summed E-state index contributed by atoms with van der Waals surface area (Å²) < 4.78 is 13.8. The zero-order valence-corrected chi connectivity index (χ0v) is 18.9. The first-order chi connectivity index (χ1) is 13.9. The molecule has 3 rings (SSSR count). The van der Waals surface area contributed by atoms with Crippen LogP contribution in [0.1, 0.15) is 12.2 Å². The monoisotopic (exact) mass is 409 g/mol. The van der Waals surface area contributed by atoms with Crippen LogP contribution >= 0.6 is 0 Å². The maximum Gasteiger partial charge on any atom is 0.223 e. The minimum absolute atomic E-state index is 0.474. The average Bonchev–Trinajstić information content (AvgIpc) is 3.10. The highest BCUT2D eigenvalue weighted by Crippen LogP contribution is 2.32. The van der Waals surface area contributed by atoms with Crippen molar-refractivity contribution in [1.82, 2.24) is 14.5 Å². The van der Waals surface area contributed by atoms with Crippen molar-refractivity contribution in [3.05, 3.63) is 55.0 Å². The Labute approximate surface area is 174 Å². The number of allylic oxidation sites excluding steroid dienone is 1. The van der Waals surface area contributed by atoms with E-state index in [1.165, 1.54) is 0 Å². The number of rotatable bonds is 10. The number of aryl methyl sites for hydroxylation is 1. The van der Waals surface area contributed by atoms with Gasteiger partial charge in [0.1, 0.15) is 12.6 Å². The lowest BCUT2D eigenvalue weighted by molar-refractivity contribution is 0.0862. The van der Waals surface area contributed by atoms with E-state index in [0.717, 1.165) is 53.5 Å². The molecule has 0 atom stereocenters. The Morgan fingerprint density at radius 1 is 1.21 bits per heavy atom. The predicted octanol–water partition coefficient (Wildman–Crippen LogP) is 5.54. The number of benzene rings is 1.